The first-order valence-electron chi connectivity index (χ1n) is 7.63. The number of hydrogen-bond acceptors (Lipinski definition) is 5. The number of rotatable bonds is 6. The summed E-state index contributed by atoms with van der Waals surface area (Å²) in [6.45, 7) is 1.71. The molecule has 2 rings (SSSR count). The van der Waals surface area contributed by atoms with E-state index in [9.17, 15) is 4.79 Å². The topological polar surface area (TPSA) is 89.1 Å². The molecule has 1 aliphatic rings. The van der Waals surface area contributed by atoms with Gasteiger partial charge in [-0.05, 0) is 26.9 Å². The highest BCUT2D eigenvalue weighted by Gasteiger charge is 2.34. The van der Waals surface area contributed by atoms with E-state index in [1.54, 1.807) is 10.9 Å². The van der Waals surface area contributed by atoms with Crippen molar-refractivity contribution in [3.05, 3.63) is 11.9 Å². The van der Waals surface area contributed by atoms with Crippen molar-refractivity contribution in [3.63, 3.8) is 0 Å². The van der Waals surface area contributed by atoms with E-state index in [1.807, 2.05) is 0 Å². The van der Waals surface area contributed by atoms with Gasteiger partial charge < -0.3 is 16.0 Å². The number of carbonyl (C=O) groups is 1. The number of amides is 1. The predicted molar refractivity (Wildman–Crippen MR) is 80.9 cm³/mol. The summed E-state index contributed by atoms with van der Waals surface area (Å²) < 4.78 is 1.59. The molecule has 1 heterocycles. The molecule has 1 fully saturated rings. The molecule has 1 amide bonds. The summed E-state index contributed by atoms with van der Waals surface area (Å²) >= 11 is 0. The molecule has 3 N–H and O–H groups in total. The highest BCUT2D eigenvalue weighted by molar-refractivity contribution is 5.91. The molecule has 0 aliphatic heterocycles. The third kappa shape index (κ3) is 3.79. The van der Waals surface area contributed by atoms with Gasteiger partial charge in [0, 0.05) is 18.6 Å². The summed E-state index contributed by atoms with van der Waals surface area (Å²) in [5, 5.41) is 10.8. The number of hydrogen-bond donors (Lipinski definition) is 2. The Labute approximate surface area is 125 Å². The van der Waals surface area contributed by atoms with E-state index >= 15 is 0 Å². The van der Waals surface area contributed by atoms with Crippen LogP contribution < -0.4 is 11.1 Å². The molecule has 7 nitrogen and oxygen atoms in total. The van der Waals surface area contributed by atoms with Gasteiger partial charge in [0.25, 0.3) is 5.91 Å². The summed E-state index contributed by atoms with van der Waals surface area (Å²) in [5.41, 5.74) is 5.88. The number of aromatic nitrogens is 3. The fourth-order valence-electron chi connectivity index (χ4n) is 2.97. The SMILES string of the molecule is CN(C)C1(CNC(=O)c2cn(CCN)nn2)CCCCC1. The van der Waals surface area contributed by atoms with Crippen LogP contribution in [-0.4, -0.2) is 58.5 Å². The molecular formula is C14H26N6O. The van der Waals surface area contributed by atoms with Gasteiger partial charge in [0.05, 0.1) is 12.7 Å². The highest BCUT2D eigenvalue weighted by atomic mass is 16.2. The Morgan fingerprint density at radius 3 is 2.76 bits per heavy atom. The second-order valence-corrected chi connectivity index (χ2v) is 6.02. The van der Waals surface area contributed by atoms with E-state index < -0.39 is 0 Å². The summed E-state index contributed by atoms with van der Waals surface area (Å²) in [6, 6.07) is 0. The van der Waals surface area contributed by atoms with Gasteiger partial charge in [0.15, 0.2) is 5.69 Å². The lowest BCUT2D eigenvalue weighted by Crippen LogP contribution is -2.53. The molecule has 1 aromatic rings. The molecule has 0 unspecified atom stereocenters. The monoisotopic (exact) mass is 294 g/mol. The van der Waals surface area contributed by atoms with Crippen LogP contribution in [0.1, 0.15) is 42.6 Å². The van der Waals surface area contributed by atoms with Crippen molar-refractivity contribution in [1.29, 1.82) is 0 Å². The minimum Gasteiger partial charge on any atom is -0.349 e. The Morgan fingerprint density at radius 2 is 2.14 bits per heavy atom. The Kier molecular flexibility index (Phi) is 5.30. The van der Waals surface area contributed by atoms with Gasteiger partial charge >= 0.3 is 0 Å². The van der Waals surface area contributed by atoms with E-state index in [4.69, 9.17) is 5.73 Å². The lowest BCUT2D eigenvalue weighted by Gasteiger charge is -2.43. The average Bonchev–Trinajstić information content (AvgIpc) is 2.95. The van der Waals surface area contributed by atoms with Crippen LogP contribution in [0.3, 0.4) is 0 Å². The first-order chi connectivity index (χ1) is 10.1. The molecule has 118 valence electrons. The molecule has 1 saturated carbocycles. The smallest absolute Gasteiger partial charge is 0.273 e. The van der Waals surface area contributed by atoms with Crippen molar-refractivity contribution in [2.75, 3.05) is 27.2 Å². The first-order valence-corrected chi connectivity index (χ1v) is 7.63. The highest BCUT2D eigenvalue weighted by Crippen LogP contribution is 2.31. The maximum atomic E-state index is 12.2. The van der Waals surface area contributed by atoms with Crippen LogP contribution in [0.15, 0.2) is 6.20 Å². The molecule has 0 radical (unpaired) electrons. The van der Waals surface area contributed by atoms with Gasteiger partial charge in [0.2, 0.25) is 0 Å². The number of nitrogens with two attached hydrogens (primary N) is 1. The second-order valence-electron chi connectivity index (χ2n) is 6.02. The minimum atomic E-state index is -0.162. The number of nitrogens with one attached hydrogen (secondary N) is 1. The van der Waals surface area contributed by atoms with Gasteiger partial charge in [-0.15, -0.1) is 5.10 Å². The zero-order valence-electron chi connectivity index (χ0n) is 13.0. The van der Waals surface area contributed by atoms with Crippen molar-refractivity contribution in [2.24, 2.45) is 5.73 Å². The van der Waals surface area contributed by atoms with Gasteiger partial charge in [-0.1, -0.05) is 24.5 Å². The van der Waals surface area contributed by atoms with Gasteiger partial charge in [0.1, 0.15) is 0 Å². The Morgan fingerprint density at radius 1 is 1.43 bits per heavy atom. The average molecular weight is 294 g/mol. The van der Waals surface area contributed by atoms with Crippen LogP contribution in [0.4, 0.5) is 0 Å². The number of carbonyl (C=O) groups excluding carboxylic acids is 1. The summed E-state index contributed by atoms with van der Waals surface area (Å²) in [5.74, 6) is -0.162. The Hall–Kier alpha value is -1.47. The summed E-state index contributed by atoms with van der Waals surface area (Å²) in [4.78, 5) is 14.4. The van der Waals surface area contributed by atoms with E-state index in [0.29, 0.717) is 25.3 Å². The van der Waals surface area contributed by atoms with Gasteiger partial charge in [-0.2, -0.15) is 0 Å². The molecule has 0 aromatic carbocycles. The zero-order chi connectivity index (χ0) is 15.3. The van der Waals surface area contributed by atoms with Crippen molar-refractivity contribution in [2.45, 2.75) is 44.2 Å². The van der Waals surface area contributed by atoms with Crippen molar-refractivity contribution in [3.8, 4) is 0 Å². The molecule has 0 bridgehead atoms. The van der Waals surface area contributed by atoms with Gasteiger partial charge in [-0.3, -0.25) is 9.48 Å². The fraction of sp³-hybridized carbons (Fsp3) is 0.786. The quantitative estimate of drug-likeness (QED) is 0.784. The van der Waals surface area contributed by atoms with Crippen LogP contribution in [-0.2, 0) is 6.54 Å². The van der Waals surface area contributed by atoms with Crippen LogP contribution in [0.2, 0.25) is 0 Å². The Balaban J connectivity index is 1.95. The number of likely N-dealkylation sites (N-methyl/N-ethyl adjacent to an activating group) is 1. The second kappa shape index (κ2) is 7.00. The standard InChI is InChI=1S/C14H26N6O/c1-19(2)14(6-4-3-5-7-14)11-16-13(21)12-10-20(9-8-15)18-17-12/h10H,3-9,11,15H2,1-2H3,(H,16,21). The lowest BCUT2D eigenvalue weighted by molar-refractivity contribution is 0.0796. The predicted octanol–water partition coefficient (Wildman–Crippen LogP) is 0.231. The molecule has 7 heteroatoms. The molecule has 0 saturated heterocycles. The summed E-state index contributed by atoms with van der Waals surface area (Å²) in [7, 11) is 4.18. The maximum absolute atomic E-state index is 12.2. The fourth-order valence-corrected chi connectivity index (χ4v) is 2.97. The van der Waals surface area contributed by atoms with Crippen LogP contribution in [0.5, 0.6) is 0 Å². The van der Waals surface area contributed by atoms with E-state index in [1.165, 1.54) is 19.3 Å². The van der Waals surface area contributed by atoms with Crippen molar-refractivity contribution in [1.82, 2.24) is 25.2 Å². The van der Waals surface area contributed by atoms with Crippen molar-refractivity contribution >= 4 is 5.91 Å². The van der Waals surface area contributed by atoms with Gasteiger partial charge in [-0.25, -0.2) is 0 Å². The van der Waals surface area contributed by atoms with E-state index in [-0.39, 0.29) is 11.4 Å². The molecular weight excluding hydrogens is 268 g/mol. The molecule has 0 atom stereocenters. The minimum absolute atomic E-state index is 0.0706. The Bertz CT molecular complexity index is 464. The van der Waals surface area contributed by atoms with Crippen LogP contribution >= 0.6 is 0 Å². The summed E-state index contributed by atoms with van der Waals surface area (Å²) in [6.07, 6.45) is 7.63. The first kappa shape index (κ1) is 15.9. The third-order valence-electron chi connectivity index (χ3n) is 4.44. The molecule has 21 heavy (non-hydrogen) atoms. The normalized spacial score (nSPS) is 17.9. The van der Waals surface area contributed by atoms with Crippen molar-refractivity contribution < 1.29 is 4.79 Å². The lowest BCUT2D eigenvalue weighted by atomic mass is 9.80. The largest absolute Gasteiger partial charge is 0.349 e. The van der Waals surface area contributed by atoms with E-state index in [2.05, 4.69) is 34.6 Å². The van der Waals surface area contributed by atoms with Crippen LogP contribution in [0, 0.1) is 0 Å². The third-order valence-corrected chi connectivity index (χ3v) is 4.44. The molecule has 0 spiro atoms. The molecule has 1 aliphatic carbocycles. The van der Waals surface area contributed by atoms with Crippen LogP contribution in [0.25, 0.3) is 0 Å². The maximum Gasteiger partial charge on any atom is 0.273 e. The zero-order valence-corrected chi connectivity index (χ0v) is 13.0. The van der Waals surface area contributed by atoms with E-state index in [0.717, 1.165) is 12.8 Å². The molecule has 1 aromatic heterocycles. The number of nitrogens with zero attached hydrogens (tertiary/aromatic N) is 4.